The molecule has 0 radical (unpaired) electrons. The van der Waals surface area contributed by atoms with Crippen molar-refractivity contribution in [3.63, 3.8) is 0 Å². The van der Waals surface area contributed by atoms with Crippen molar-refractivity contribution in [2.45, 2.75) is 39.7 Å². The molecule has 1 amide bonds. The molecule has 1 saturated heterocycles. The van der Waals surface area contributed by atoms with Crippen molar-refractivity contribution in [1.82, 2.24) is 9.88 Å². The second-order valence-electron chi connectivity index (χ2n) is 10.3. The molecule has 0 spiro atoms. The number of carbonyl (C=O) groups is 2. The number of hydrogen-bond acceptors (Lipinski definition) is 6. The Labute approximate surface area is 201 Å². The van der Waals surface area contributed by atoms with Gasteiger partial charge in [-0.25, -0.2) is 4.98 Å². The number of nitrogens with one attached hydrogen (secondary N) is 1. The molecule has 178 valence electrons. The van der Waals surface area contributed by atoms with Crippen molar-refractivity contribution >= 4 is 28.9 Å². The lowest BCUT2D eigenvalue weighted by Gasteiger charge is -2.38. The molecule has 1 fully saturated rings. The summed E-state index contributed by atoms with van der Waals surface area (Å²) in [6, 6.07) is 13.8. The number of anilines is 3. The second-order valence-corrected chi connectivity index (χ2v) is 10.3. The lowest BCUT2D eigenvalue weighted by atomic mass is 9.74. The first-order valence-electron chi connectivity index (χ1n) is 12.2. The van der Waals surface area contributed by atoms with E-state index in [4.69, 9.17) is 0 Å². The summed E-state index contributed by atoms with van der Waals surface area (Å²) < 4.78 is 0. The number of piperazine rings is 1. The highest BCUT2D eigenvalue weighted by Gasteiger charge is 2.39. The summed E-state index contributed by atoms with van der Waals surface area (Å²) in [6.07, 6.45) is 3.16. The van der Waals surface area contributed by atoms with Gasteiger partial charge in [0.1, 0.15) is 5.82 Å². The quantitative estimate of drug-likeness (QED) is 0.755. The average Bonchev–Trinajstić information content (AvgIpc) is 2.93. The van der Waals surface area contributed by atoms with Crippen molar-refractivity contribution in [2.24, 2.45) is 5.41 Å². The Morgan fingerprint density at radius 2 is 1.79 bits per heavy atom. The normalized spacial score (nSPS) is 22.0. The van der Waals surface area contributed by atoms with E-state index in [0.29, 0.717) is 19.5 Å². The summed E-state index contributed by atoms with van der Waals surface area (Å²) in [5.74, 6) is 1.23. The largest absolute Gasteiger partial charge is 0.357 e. The molecule has 1 aliphatic carbocycles. The molecule has 0 saturated carbocycles. The molecule has 0 unspecified atom stereocenters. The third kappa shape index (κ3) is 4.27. The van der Waals surface area contributed by atoms with Gasteiger partial charge in [-0.2, -0.15) is 0 Å². The molecule has 5 rings (SSSR count). The van der Waals surface area contributed by atoms with Crippen LogP contribution in [0.3, 0.4) is 0 Å². The smallest absolute Gasteiger partial charge is 0.242 e. The Morgan fingerprint density at radius 1 is 1.06 bits per heavy atom. The number of aromatic nitrogens is 1. The van der Waals surface area contributed by atoms with Crippen LogP contribution in [0.1, 0.15) is 33.6 Å². The van der Waals surface area contributed by atoms with Gasteiger partial charge in [0.05, 0.1) is 24.0 Å². The second kappa shape index (κ2) is 8.78. The molecule has 1 aromatic heterocycles. The monoisotopic (exact) mass is 459 g/mol. The Hall–Kier alpha value is -3.35. The molecule has 3 aliphatic rings. The number of benzene rings is 1. The highest BCUT2D eigenvalue weighted by atomic mass is 16.2. The van der Waals surface area contributed by atoms with Crippen LogP contribution in [0.2, 0.25) is 0 Å². The zero-order chi connectivity index (χ0) is 23.9. The molecular formula is C27H33N5O2. The van der Waals surface area contributed by atoms with Gasteiger partial charge in [0.15, 0.2) is 5.78 Å². The Balaban J connectivity index is 1.36. The number of hydrogen-bond donors (Lipinski definition) is 1. The van der Waals surface area contributed by atoms with E-state index in [-0.39, 0.29) is 29.7 Å². The first kappa shape index (κ1) is 22.4. The number of para-hydroxylation sites is 2. The number of fused-ring (bicyclic) bond motifs is 1. The molecule has 34 heavy (non-hydrogen) atoms. The number of amides is 1. The first-order chi connectivity index (χ1) is 16.3. The molecule has 0 bridgehead atoms. The fraction of sp³-hybridized carbons (Fsp3) is 0.444. The predicted molar refractivity (Wildman–Crippen MR) is 135 cm³/mol. The molecule has 2 aromatic rings. The minimum Gasteiger partial charge on any atom is -0.357 e. The van der Waals surface area contributed by atoms with Crippen molar-refractivity contribution in [2.75, 3.05) is 47.8 Å². The zero-order valence-corrected chi connectivity index (χ0v) is 20.3. The summed E-state index contributed by atoms with van der Waals surface area (Å²) in [5.41, 5.74) is 3.67. The molecule has 1 N–H and O–H groups in total. The van der Waals surface area contributed by atoms with Gasteiger partial charge in [-0.1, -0.05) is 32.0 Å². The van der Waals surface area contributed by atoms with E-state index in [2.05, 4.69) is 40.9 Å². The van der Waals surface area contributed by atoms with Gasteiger partial charge in [0.2, 0.25) is 5.91 Å². The molecule has 7 nitrogen and oxygen atoms in total. The van der Waals surface area contributed by atoms with Crippen molar-refractivity contribution in [3.05, 3.63) is 59.9 Å². The van der Waals surface area contributed by atoms with Crippen LogP contribution < -0.4 is 15.1 Å². The van der Waals surface area contributed by atoms with E-state index in [0.717, 1.165) is 48.0 Å². The number of allylic oxidation sites excluding steroid dienone is 1. The number of pyridine rings is 1. The van der Waals surface area contributed by atoms with Gasteiger partial charge in [0, 0.05) is 50.1 Å². The van der Waals surface area contributed by atoms with Gasteiger partial charge in [0.25, 0.3) is 0 Å². The van der Waals surface area contributed by atoms with E-state index < -0.39 is 0 Å². The van der Waals surface area contributed by atoms with Gasteiger partial charge in [-0.05, 0) is 43.0 Å². The van der Waals surface area contributed by atoms with Crippen molar-refractivity contribution < 1.29 is 9.59 Å². The number of Topliss-reactive ketones (excluding diaryl/α,β-unsaturated/α-hetero) is 1. The maximum absolute atomic E-state index is 13.5. The Morgan fingerprint density at radius 3 is 2.53 bits per heavy atom. The van der Waals surface area contributed by atoms with Crippen molar-refractivity contribution in [3.8, 4) is 0 Å². The molecular weight excluding hydrogens is 426 g/mol. The summed E-state index contributed by atoms with van der Waals surface area (Å²) in [6.45, 7) is 9.45. The van der Waals surface area contributed by atoms with Crippen LogP contribution in [0.25, 0.3) is 0 Å². The third-order valence-electron chi connectivity index (χ3n) is 7.22. The van der Waals surface area contributed by atoms with E-state index in [1.165, 1.54) is 0 Å². The van der Waals surface area contributed by atoms with E-state index in [1.54, 1.807) is 6.20 Å². The van der Waals surface area contributed by atoms with Crippen molar-refractivity contribution in [1.29, 1.82) is 0 Å². The van der Waals surface area contributed by atoms with Crippen LogP contribution >= 0.6 is 0 Å². The molecule has 3 heterocycles. The maximum Gasteiger partial charge on any atom is 0.242 e. The van der Waals surface area contributed by atoms with Gasteiger partial charge >= 0.3 is 0 Å². The van der Waals surface area contributed by atoms with Gasteiger partial charge < -0.3 is 20.0 Å². The van der Waals surface area contributed by atoms with E-state index in [1.807, 2.05) is 47.4 Å². The Kier molecular flexibility index (Phi) is 5.80. The Bertz CT molecular complexity index is 1120. The fourth-order valence-corrected chi connectivity index (χ4v) is 5.48. The molecule has 1 aromatic carbocycles. The van der Waals surface area contributed by atoms with Crippen LogP contribution in [-0.4, -0.2) is 60.3 Å². The van der Waals surface area contributed by atoms with E-state index in [9.17, 15) is 9.59 Å². The fourth-order valence-electron chi connectivity index (χ4n) is 5.48. The highest BCUT2D eigenvalue weighted by molar-refractivity contribution is 6.01. The predicted octanol–water partition coefficient (Wildman–Crippen LogP) is 3.69. The van der Waals surface area contributed by atoms with Crippen LogP contribution in [0.5, 0.6) is 0 Å². The van der Waals surface area contributed by atoms with Crippen LogP contribution in [0.4, 0.5) is 17.2 Å². The highest BCUT2D eigenvalue weighted by Crippen LogP contribution is 2.43. The average molecular weight is 460 g/mol. The SMILES string of the molecule is C[C@@H]1C2=C(CC(C)(C)CC2=O)Nc2ccccc2N1CC(=O)N1CCN(c2ccccn2)CC1. The summed E-state index contributed by atoms with van der Waals surface area (Å²) in [4.78, 5) is 37.4. The summed E-state index contributed by atoms with van der Waals surface area (Å²) in [7, 11) is 0. The van der Waals surface area contributed by atoms with Gasteiger partial charge in [-0.15, -0.1) is 0 Å². The topological polar surface area (TPSA) is 68.8 Å². The standard InChI is InChI=1S/C27H33N5O2/c1-19-26-21(16-27(2,3)17-23(26)33)29-20-8-4-5-9-22(20)32(19)18-25(34)31-14-12-30(13-15-31)24-10-6-7-11-28-24/h4-11,19,29H,12-18H2,1-3H3/t19-/m1/s1. The number of rotatable bonds is 3. The number of ketones is 1. The van der Waals surface area contributed by atoms with Crippen LogP contribution in [-0.2, 0) is 9.59 Å². The third-order valence-corrected chi connectivity index (χ3v) is 7.22. The lowest BCUT2D eigenvalue weighted by Crippen LogP contribution is -2.52. The summed E-state index contributed by atoms with van der Waals surface area (Å²) >= 11 is 0. The maximum atomic E-state index is 13.5. The number of carbonyl (C=O) groups excluding carboxylic acids is 2. The molecule has 2 aliphatic heterocycles. The van der Waals surface area contributed by atoms with E-state index >= 15 is 0 Å². The van der Waals surface area contributed by atoms with Crippen LogP contribution in [0.15, 0.2) is 59.9 Å². The molecule has 1 atom stereocenters. The first-order valence-corrected chi connectivity index (χ1v) is 12.2. The minimum atomic E-state index is -0.173. The lowest BCUT2D eigenvalue weighted by molar-refractivity contribution is -0.130. The minimum absolute atomic E-state index is 0.0736. The van der Waals surface area contributed by atoms with Crippen LogP contribution in [0, 0.1) is 5.41 Å². The summed E-state index contributed by atoms with van der Waals surface area (Å²) in [5, 5.41) is 3.56. The number of nitrogens with zero attached hydrogens (tertiary/aromatic N) is 4. The molecule has 7 heteroatoms. The van der Waals surface area contributed by atoms with Gasteiger partial charge in [-0.3, -0.25) is 9.59 Å². The zero-order valence-electron chi connectivity index (χ0n) is 20.3.